The molecule has 0 amide bonds. The second-order valence-corrected chi connectivity index (χ2v) is 9.15. The molecule has 7 heteroatoms. The Hall–Kier alpha value is -1.60. The zero-order valence-corrected chi connectivity index (χ0v) is 16.6. The molecule has 5 rings (SSSR count). The van der Waals surface area contributed by atoms with Crippen LogP contribution in [0, 0.1) is 0 Å². The van der Waals surface area contributed by atoms with E-state index < -0.39 is 0 Å². The van der Waals surface area contributed by atoms with E-state index in [0.29, 0.717) is 12.6 Å². The van der Waals surface area contributed by atoms with Gasteiger partial charge in [0, 0.05) is 36.5 Å². The van der Waals surface area contributed by atoms with Crippen molar-refractivity contribution < 1.29 is 0 Å². The summed E-state index contributed by atoms with van der Waals surface area (Å²) in [4.78, 5) is 15.1. The molecule has 1 N–H and O–H groups in total. The summed E-state index contributed by atoms with van der Waals surface area (Å²) in [5.74, 6) is 2.04. The molecule has 1 aliphatic carbocycles. The molecule has 144 valence electrons. The van der Waals surface area contributed by atoms with Crippen molar-refractivity contribution in [2.75, 3.05) is 12.3 Å². The lowest BCUT2D eigenvalue weighted by atomic mass is 9.96. The van der Waals surface area contributed by atoms with Gasteiger partial charge in [-0.15, -0.1) is 0 Å². The molecule has 27 heavy (non-hydrogen) atoms. The van der Waals surface area contributed by atoms with Crippen LogP contribution in [0.3, 0.4) is 0 Å². The molecule has 1 unspecified atom stereocenters. The van der Waals surface area contributed by atoms with Crippen molar-refractivity contribution in [2.24, 2.45) is 0 Å². The van der Waals surface area contributed by atoms with Crippen LogP contribution in [0.4, 0.5) is 0 Å². The van der Waals surface area contributed by atoms with Gasteiger partial charge in [-0.25, -0.2) is 4.68 Å². The van der Waals surface area contributed by atoms with Gasteiger partial charge in [-0.05, 0) is 61.9 Å². The summed E-state index contributed by atoms with van der Waals surface area (Å²) >= 11 is 1.89. The molecule has 3 aliphatic rings. The van der Waals surface area contributed by atoms with Gasteiger partial charge in [0.25, 0.3) is 5.56 Å². The standard InChI is InChI=1S/C20H27N5OS/c26-20-10-14-13-27-9-7-17(14)23-25(20)11-15-4-3-8-24(15)12-19-16-5-1-2-6-18(16)21-22-19/h10,15H,1-9,11-13H2,(H,21,22). The topological polar surface area (TPSA) is 66.8 Å². The first kappa shape index (κ1) is 17.5. The Morgan fingerprint density at radius 3 is 3.11 bits per heavy atom. The number of likely N-dealkylation sites (tertiary alicyclic amines) is 1. The predicted octanol–water partition coefficient (Wildman–Crippen LogP) is 2.30. The molecule has 0 saturated carbocycles. The minimum Gasteiger partial charge on any atom is -0.293 e. The Morgan fingerprint density at radius 2 is 2.15 bits per heavy atom. The minimum absolute atomic E-state index is 0.0558. The number of hydrogen-bond acceptors (Lipinski definition) is 5. The molecule has 1 saturated heterocycles. The minimum atomic E-state index is 0.0558. The van der Waals surface area contributed by atoms with Crippen LogP contribution < -0.4 is 5.56 Å². The Morgan fingerprint density at radius 1 is 1.22 bits per heavy atom. The highest BCUT2D eigenvalue weighted by Gasteiger charge is 2.28. The van der Waals surface area contributed by atoms with Crippen molar-refractivity contribution in [1.82, 2.24) is 24.9 Å². The van der Waals surface area contributed by atoms with E-state index in [1.165, 1.54) is 36.2 Å². The number of aromatic amines is 1. The van der Waals surface area contributed by atoms with Crippen LogP contribution in [0.25, 0.3) is 0 Å². The van der Waals surface area contributed by atoms with Crippen LogP contribution in [0.1, 0.15) is 53.9 Å². The third-order valence-corrected chi connectivity index (χ3v) is 7.29. The summed E-state index contributed by atoms with van der Waals surface area (Å²) in [7, 11) is 0. The van der Waals surface area contributed by atoms with Crippen LogP contribution in [0.2, 0.25) is 0 Å². The smallest absolute Gasteiger partial charge is 0.267 e. The first-order valence-corrected chi connectivity index (χ1v) is 11.4. The van der Waals surface area contributed by atoms with Gasteiger partial charge in [-0.1, -0.05) is 0 Å². The Labute approximate surface area is 163 Å². The average Bonchev–Trinajstić information content (AvgIpc) is 3.30. The van der Waals surface area contributed by atoms with Crippen molar-refractivity contribution in [3.8, 4) is 0 Å². The largest absolute Gasteiger partial charge is 0.293 e. The number of aromatic nitrogens is 4. The lowest BCUT2D eigenvalue weighted by Crippen LogP contribution is -2.37. The van der Waals surface area contributed by atoms with Gasteiger partial charge in [0.1, 0.15) is 0 Å². The number of fused-ring (bicyclic) bond motifs is 2. The van der Waals surface area contributed by atoms with Crippen LogP contribution in [-0.2, 0) is 38.1 Å². The van der Waals surface area contributed by atoms with Crippen LogP contribution in [0.5, 0.6) is 0 Å². The van der Waals surface area contributed by atoms with Gasteiger partial charge >= 0.3 is 0 Å². The van der Waals surface area contributed by atoms with Gasteiger partial charge < -0.3 is 0 Å². The maximum atomic E-state index is 12.5. The Balaban J connectivity index is 1.33. The molecule has 2 aromatic heterocycles. The molecule has 2 aromatic rings. The van der Waals surface area contributed by atoms with E-state index in [0.717, 1.165) is 61.5 Å². The van der Waals surface area contributed by atoms with E-state index in [9.17, 15) is 4.79 Å². The molecule has 4 heterocycles. The second kappa shape index (κ2) is 7.43. The maximum absolute atomic E-state index is 12.5. The van der Waals surface area contributed by atoms with E-state index in [2.05, 4.69) is 15.1 Å². The number of H-pyrrole nitrogens is 1. The maximum Gasteiger partial charge on any atom is 0.267 e. The number of thioether (sulfide) groups is 1. The van der Waals surface area contributed by atoms with Crippen LogP contribution in [-0.4, -0.2) is 43.2 Å². The van der Waals surface area contributed by atoms with E-state index in [1.54, 1.807) is 4.68 Å². The summed E-state index contributed by atoms with van der Waals surface area (Å²) in [6.45, 7) is 2.68. The molecule has 0 bridgehead atoms. The molecular weight excluding hydrogens is 358 g/mol. The summed E-state index contributed by atoms with van der Waals surface area (Å²) in [6.07, 6.45) is 8.14. The number of hydrogen-bond donors (Lipinski definition) is 1. The van der Waals surface area contributed by atoms with Gasteiger partial charge in [-0.3, -0.25) is 14.8 Å². The molecule has 6 nitrogen and oxygen atoms in total. The van der Waals surface area contributed by atoms with Crippen molar-refractivity contribution in [3.05, 3.63) is 44.6 Å². The van der Waals surface area contributed by atoms with Crippen molar-refractivity contribution in [3.63, 3.8) is 0 Å². The normalized spacial score (nSPS) is 22.6. The van der Waals surface area contributed by atoms with Crippen LogP contribution >= 0.6 is 11.8 Å². The van der Waals surface area contributed by atoms with Crippen molar-refractivity contribution in [1.29, 1.82) is 0 Å². The summed E-state index contributed by atoms with van der Waals surface area (Å²) in [5.41, 5.74) is 6.34. The lowest BCUT2D eigenvalue weighted by Gasteiger charge is -2.25. The SMILES string of the molecule is O=c1cc2c(nn1CC1CCCN1Cc1n[nH]c3c1CCCC3)CCSC2. The summed E-state index contributed by atoms with van der Waals surface area (Å²) < 4.78 is 1.72. The highest BCUT2D eigenvalue weighted by atomic mass is 32.2. The molecule has 0 aromatic carbocycles. The number of rotatable bonds is 4. The van der Waals surface area contributed by atoms with Gasteiger partial charge in [0.15, 0.2) is 0 Å². The van der Waals surface area contributed by atoms with E-state index in [4.69, 9.17) is 5.10 Å². The Bertz CT molecular complexity index is 889. The van der Waals surface area contributed by atoms with Crippen molar-refractivity contribution >= 4 is 11.8 Å². The number of nitrogens with one attached hydrogen (secondary N) is 1. The fourth-order valence-electron chi connectivity index (χ4n) is 4.77. The van der Waals surface area contributed by atoms with Gasteiger partial charge in [0.2, 0.25) is 0 Å². The summed E-state index contributed by atoms with van der Waals surface area (Å²) in [6, 6.07) is 2.19. The molecule has 0 spiro atoms. The van der Waals surface area contributed by atoms with Gasteiger partial charge in [0.05, 0.1) is 17.9 Å². The third kappa shape index (κ3) is 3.47. The molecule has 1 atom stereocenters. The van der Waals surface area contributed by atoms with E-state index in [-0.39, 0.29) is 5.56 Å². The first-order valence-electron chi connectivity index (χ1n) is 10.2. The van der Waals surface area contributed by atoms with Crippen molar-refractivity contribution in [2.45, 2.75) is 69.8 Å². The zero-order chi connectivity index (χ0) is 18.2. The summed E-state index contributed by atoms with van der Waals surface area (Å²) in [5, 5.41) is 12.6. The average molecular weight is 386 g/mol. The van der Waals surface area contributed by atoms with Crippen LogP contribution in [0.15, 0.2) is 10.9 Å². The molecule has 0 radical (unpaired) electrons. The second-order valence-electron chi connectivity index (χ2n) is 8.04. The van der Waals surface area contributed by atoms with E-state index >= 15 is 0 Å². The number of aryl methyl sites for hydroxylation is 2. The van der Waals surface area contributed by atoms with Gasteiger partial charge in [-0.2, -0.15) is 22.0 Å². The fraction of sp³-hybridized carbons (Fsp3) is 0.650. The predicted molar refractivity (Wildman–Crippen MR) is 107 cm³/mol. The Kier molecular flexibility index (Phi) is 4.82. The highest BCUT2D eigenvalue weighted by Crippen LogP contribution is 2.27. The lowest BCUT2D eigenvalue weighted by molar-refractivity contribution is 0.213. The molecule has 1 fully saturated rings. The van der Waals surface area contributed by atoms with E-state index in [1.807, 2.05) is 17.8 Å². The monoisotopic (exact) mass is 385 g/mol. The quantitative estimate of drug-likeness (QED) is 0.875. The molecular formula is C20H27N5OS. The first-order chi connectivity index (χ1) is 13.3. The third-order valence-electron chi connectivity index (χ3n) is 6.28. The fourth-order valence-corrected chi connectivity index (χ4v) is 5.72. The highest BCUT2D eigenvalue weighted by molar-refractivity contribution is 7.98. The molecule has 2 aliphatic heterocycles. The number of nitrogens with zero attached hydrogens (tertiary/aromatic N) is 4. The zero-order valence-electron chi connectivity index (χ0n) is 15.7.